The smallest absolute Gasteiger partial charge is 0.114 e. The average Bonchev–Trinajstić information content (AvgIpc) is 2.08. The highest BCUT2D eigenvalue weighted by atomic mass is 19.1. The molecule has 1 saturated heterocycles. The van der Waals surface area contributed by atoms with Crippen LogP contribution in [0.15, 0.2) is 0 Å². The van der Waals surface area contributed by atoms with Crippen LogP contribution in [-0.4, -0.2) is 56.2 Å². The van der Waals surface area contributed by atoms with Crippen LogP contribution in [0, 0.1) is 0 Å². The third kappa shape index (κ3) is 4.58. The predicted molar refractivity (Wildman–Crippen MR) is 53.7 cm³/mol. The van der Waals surface area contributed by atoms with Crippen LogP contribution in [0.2, 0.25) is 0 Å². The lowest BCUT2D eigenvalue weighted by Crippen LogP contribution is -2.33. The van der Waals surface area contributed by atoms with Crippen LogP contribution in [0.4, 0.5) is 4.39 Å². The molecule has 0 saturated carbocycles. The van der Waals surface area contributed by atoms with Gasteiger partial charge in [-0.05, 0) is 46.4 Å². The summed E-state index contributed by atoms with van der Waals surface area (Å²) in [5.74, 6) is 0. The number of alkyl halides is 1. The minimum atomic E-state index is -0.648. The van der Waals surface area contributed by atoms with Gasteiger partial charge in [-0.2, -0.15) is 0 Å². The van der Waals surface area contributed by atoms with Gasteiger partial charge in [-0.25, -0.2) is 4.39 Å². The van der Waals surface area contributed by atoms with Crippen LogP contribution in [0.25, 0.3) is 0 Å². The van der Waals surface area contributed by atoms with E-state index >= 15 is 0 Å². The molecule has 0 aromatic carbocycles. The van der Waals surface area contributed by atoms with Gasteiger partial charge in [-0.15, -0.1) is 0 Å². The van der Waals surface area contributed by atoms with Crippen LogP contribution in [0.5, 0.6) is 0 Å². The first-order valence-electron chi connectivity index (χ1n) is 5.19. The Kier molecular flexibility index (Phi) is 4.67. The molecule has 13 heavy (non-hydrogen) atoms. The molecule has 1 atom stereocenters. The summed E-state index contributed by atoms with van der Waals surface area (Å²) in [4.78, 5) is 4.34. The van der Waals surface area contributed by atoms with Crippen molar-refractivity contribution in [2.45, 2.75) is 25.4 Å². The second-order valence-corrected chi connectivity index (χ2v) is 4.16. The first-order valence-corrected chi connectivity index (χ1v) is 5.19. The highest BCUT2D eigenvalue weighted by molar-refractivity contribution is 4.67. The van der Waals surface area contributed by atoms with Gasteiger partial charge >= 0.3 is 0 Å². The van der Waals surface area contributed by atoms with E-state index in [1.54, 1.807) is 0 Å². The summed E-state index contributed by atoms with van der Waals surface area (Å²) in [6.45, 7) is 3.65. The summed E-state index contributed by atoms with van der Waals surface area (Å²) in [7, 11) is 4.09. The fraction of sp³-hybridized carbons (Fsp3) is 1.00. The summed E-state index contributed by atoms with van der Waals surface area (Å²) in [5.41, 5.74) is 0. The third-order valence-electron chi connectivity index (χ3n) is 2.66. The van der Waals surface area contributed by atoms with E-state index in [1.807, 2.05) is 7.05 Å². The van der Waals surface area contributed by atoms with Crippen molar-refractivity contribution in [2.75, 3.05) is 40.3 Å². The number of nitrogens with zero attached hydrogens (tertiary/aromatic N) is 2. The molecule has 1 fully saturated rings. The SMILES string of the molecule is CN1CCCCN(C)CC(F)CC1. The molecule has 0 spiro atoms. The first kappa shape index (κ1) is 10.9. The lowest BCUT2D eigenvalue weighted by Gasteiger charge is -2.24. The molecule has 78 valence electrons. The minimum absolute atomic E-state index is 0.605. The van der Waals surface area contributed by atoms with Gasteiger partial charge in [0.15, 0.2) is 0 Å². The van der Waals surface area contributed by atoms with E-state index in [-0.39, 0.29) is 0 Å². The maximum absolute atomic E-state index is 13.3. The predicted octanol–water partition coefficient (Wildman–Crippen LogP) is 1.37. The number of halogens is 1. The van der Waals surface area contributed by atoms with Gasteiger partial charge in [0.2, 0.25) is 0 Å². The van der Waals surface area contributed by atoms with Crippen LogP contribution in [0.3, 0.4) is 0 Å². The summed E-state index contributed by atoms with van der Waals surface area (Å²) in [6.07, 6.45) is 2.46. The van der Waals surface area contributed by atoms with Crippen molar-refractivity contribution in [1.29, 1.82) is 0 Å². The van der Waals surface area contributed by atoms with Gasteiger partial charge in [0.1, 0.15) is 6.17 Å². The van der Waals surface area contributed by atoms with Gasteiger partial charge < -0.3 is 9.80 Å². The highest BCUT2D eigenvalue weighted by Crippen LogP contribution is 2.06. The molecule has 1 rings (SSSR count). The van der Waals surface area contributed by atoms with Crippen molar-refractivity contribution in [2.24, 2.45) is 0 Å². The van der Waals surface area contributed by atoms with E-state index in [2.05, 4.69) is 16.8 Å². The molecule has 2 nitrogen and oxygen atoms in total. The Morgan fingerprint density at radius 1 is 1.00 bits per heavy atom. The van der Waals surface area contributed by atoms with E-state index in [4.69, 9.17) is 0 Å². The van der Waals surface area contributed by atoms with E-state index in [9.17, 15) is 4.39 Å². The van der Waals surface area contributed by atoms with Crippen LogP contribution in [-0.2, 0) is 0 Å². The zero-order valence-corrected chi connectivity index (χ0v) is 8.80. The highest BCUT2D eigenvalue weighted by Gasteiger charge is 2.12. The molecule has 0 amide bonds. The van der Waals surface area contributed by atoms with Crippen LogP contribution >= 0.6 is 0 Å². The summed E-state index contributed by atoms with van der Waals surface area (Å²) in [5, 5.41) is 0. The summed E-state index contributed by atoms with van der Waals surface area (Å²) in [6, 6.07) is 0. The van der Waals surface area contributed by atoms with Crippen molar-refractivity contribution in [3.05, 3.63) is 0 Å². The number of rotatable bonds is 0. The molecule has 0 radical (unpaired) electrons. The standard InChI is InChI=1S/C10H21FN2/c1-12-6-3-4-7-13(2)9-10(11)5-8-12/h10H,3-9H2,1-2H3. The second kappa shape index (κ2) is 5.55. The van der Waals surface area contributed by atoms with Crippen LogP contribution in [0.1, 0.15) is 19.3 Å². The lowest BCUT2D eigenvalue weighted by molar-refractivity contribution is 0.175. The number of hydrogen-bond donors (Lipinski definition) is 0. The van der Waals surface area contributed by atoms with E-state index in [0.717, 1.165) is 19.6 Å². The fourth-order valence-electron chi connectivity index (χ4n) is 1.76. The molecule has 0 aromatic heterocycles. The second-order valence-electron chi connectivity index (χ2n) is 4.16. The lowest BCUT2D eigenvalue weighted by atomic mass is 10.2. The van der Waals surface area contributed by atoms with Gasteiger partial charge in [0, 0.05) is 13.1 Å². The van der Waals surface area contributed by atoms with Crippen molar-refractivity contribution >= 4 is 0 Å². The quantitative estimate of drug-likeness (QED) is 0.566. The van der Waals surface area contributed by atoms with Gasteiger partial charge in [0.25, 0.3) is 0 Å². The normalized spacial score (nSPS) is 30.2. The zero-order chi connectivity index (χ0) is 9.68. The first-order chi connectivity index (χ1) is 6.18. The van der Waals surface area contributed by atoms with Gasteiger partial charge in [-0.3, -0.25) is 0 Å². The Balaban J connectivity index is 2.32. The Morgan fingerprint density at radius 2 is 1.62 bits per heavy atom. The summed E-state index contributed by atoms with van der Waals surface area (Å²) < 4.78 is 13.3. The zero-order valence-electron chi connectivity index (χ0n) is 8.80. The fourth-order valence-corrected chi connectivity index (χ4v) is 1.76. The molecule has 1 aliphatic heterocycles. The average molecular weight is 188 g/mol. The van der Waals surface area contributed by atoms with Crippen molar-refractivity contribution < 1.29 is 4.39 Å². The van der Waals surface area contributed by atoms with Crippen molar-refractivity contribution in [3.63, 3.8) is 0 Å². The molecule has 3 heteroatoms. The molecular formula is C10H21FN2. The molecule has 0 aliphatic carbocycles. The molecule has 0 bridgehead atoms. The Labute approximate surface area is 80.7 Å². The summed E-state index contributed by atoms with van der Waals surface area (Å²) >= 11 is 0. The Bertz CT molecular complexity index is 141. The van der Waals surface area contributed by atoms with Crippen molar-refractivity contribution in [3.8, 4) is 0 Å². The molecule has 0 N–H and O–H groups in total. The van der Waals surface area contributed by atoms with E-state index in [0.29, 0.717) is 13.0 Å². The minimum Gasteiger partial charge on any atom is -0.306 e. The largest absolute Gasteiger partial charge is 0.306 e. The molecule has 0 aromatic rings. The monoisotopic (exact) mass is 188 g/mol. The molecule has 1 heterocycles. The number of hydrogen-bond acceptors (Lipinski definition) is 2. The van der Waals surface area contributed by atoms with Crippen molar-refractivity contribution in [1.82, 2.24) is 9.80 Å². The molecular weight excluding hydrogens is 167 g/mol. The molecule has 1 aliphatic rings. The topological polar surface area (TPSA) is 6.48 Å². The third-order valence-corrected chi connectivity index (χ3v) is 2.66. The molecule has 1 unspecified atom stereocenters. The van der Waals surface area contributed by atoms with Crippen LogP contribution < -0.4 is 0 Å². The van der Waals surface area contributed by atoms with Gasteiger partial charge in [-0.1, -0.05) is 0 Å². The Hall–Kier alpha value is -0.150. The Morgan fingerprint density at radius 3 is 2.31 bits per heavy atom. The van der Waals surface area contributed by atoms with E-state index in [1.165, 1.54) is 12.8 Å². The van der Waals surface area contributed by atoms with E-state index < -0.39 is 6.17 Å². The maximum Gasteiger partial charge on any atom is 0.114 e. The maximum atomic E-state index is 13.3. The van der Waals surface area contributed by atoms with Gasteiger partial charge in [0.05, 0.1) is 0 Å².